The van der Waals surface area contributed by atoms with Gasteiger partial charge < -0.3 is 10.1 Å². The number of hydrogen-bond donors (Lipinski definition) is 1. The number of nitro benzene ring substituents is 1. The van der Waals surface area contributed by atoms with Crippen molar-refractivity contribution < 1.29 is 9.66 Å². The summed E-state index contributed by atoms with van der Waals surface area (Å²) in [6, 6.07) is 6.95. The van der Waals surface area contributed by atoms with Crippen molar-refractivity contribution in [1.82, 2.24) is 4.98 Å². The van der Waals surface area contributed by atoms with Gasteiger partial charge in [-0.3, -0.25) is 10.1 Å². The zero-order chi connectivity index (χ0) is 15.4. The fourth-order valence-corrected chi connectivity index (χ4v) is 2.11. The highest BCUT2D eigenvalue weighted by molar-refractivity contribution is 5.50. The molecule has 0 saturated heterocycles. The molecule has 0 spiro atoms. The smallest absolute Gasteiger partial charge is 0.276 e. The Bertz CT molecular complexity index is 671. The van der Waals surface area contributed by atoms with E-state index >= 15 is 0 Å². The monoisotopic (exact) mass is 287 g/mol. The quantitative estimate of drug-likeness (QED) is 0.674. The zero-order valence-electron chi connectivity index (χ0n) is 12.2. The number of nitrogens with one attached hydrogen (secondary N) is 1. The number of ether oxygens (including phenoxy) is 1. The van der Waals surface area contributed by atoms with Crippen LogP contribution in [-0.4, -0.2) is 17.0 Å². The van der Waals surface area contributed by atoms with E-state index in [9.17, 15) is 10.1 Å². The zero-order valence-corrected chi connectivity index (χ0v) is 12.2. The van der Waals surface area contributed by atoms with Gasteiger partial charge >= 0.3 is 0 Å². The first-order valence-corrected chi connectivity index (χ1v) is 6.53. The first kappa shape index (κ1) is 14.8. The molecule has 110 valence electrons. The van der Waals surface area contributed by atoms with Crippen LogP contribution in [0.25, 0.3) is 0 Å². The molecule has 0 bridgehead atoms. The van der Waals surface area contributed by atoms with E-state index in [4.69, 9.17) is 4.74 Å². The van der Waals surface area contributed by atoms with E-state index in [1.807, 2.05) is 19.1 Å². The van der Waals surface area contributed by atoms with Gasteiger partial charge in [-0.2, -0.15) is 0 Å². The van der Waals surface area contributed by atoms with Crippen LogP contribution in [0.2, 0.25) is 0 Å². The molecule has 0 aliphatic rings. The van der Waals surface area contributed by atoms with Crippen molar-refractivity contribution in [3.8, 4) is 5.75 Å². The van der Waals surface area contributed by atoms with E-state index in [2.05, 4.69) is 10.3 Å². The number of nitrogens with zero attached hydrogens (tertiary/aromatic N) is 2. The molecule has 0 amide bonds. The van der Waals surface area contributed by atoms with E-state index in [0.29, 0.717) is 17.9 Å². The number of hydrogen-bond acceptors (Lipinski definition) is 5. The van der Waals surface area contributed by atoms with Crippen LogP contribution in [0, 0.1) is 24.0 Å². The van der Waals surface area contributed by atoms with E-state index in [1.165, 1.54) is 6.07 Å². The highest BCUT2D eigenvalue weighted by atomic mass is 16.6. The maximum absolute atomic E-state index is 11.0. The highest BCUT2D eigenvalue weighted by Gasteiger charge is 2.15. The second-order valence-electron chi connectivity index (χ2n) is 4.71. The lowest BCUT2D eigenvalue weighted by Crippen LogP contribution is -2.03. The number of pyridine rings is 1. The summed E-state index contributed by atoms with van der Waals surface area (Å²) in [5.74, 6) is 1.25. The Labute approximate surface area is 122 Å². The van der Waals surface area contributed by atoms with Crippen LogP contribution in [-0.2, 0) is 6.61 Å². The van der Waals surface area contributed by atoms with Crippen LogP contribution >= 0.6 is 0 Å². The topological polar surface area (TPSA) is 77.3 Å². The molecule has 0 unspecified atom stereocenters. The fourth-order valence-electron chi connectivity index (χ4n) is 2.11. The van der Waals surface area contributed by atoms with Crippen molar-refractivity contribution in [2.75, 3.05) is 12.4 Å². The molecule has 1 aromatic heterocycles. The van der Waals surface area contributed by atoms with Gasteiger partial charge in [0.25, 0.3) is 5.69 Å². The molecule has 0 radical (unpaired) electrons. The summed E-state index contributed by atoms with van der Waals surface area (Å²) in [4.78, 5) is 14.8. The minimum Gasteiger partial charge on any atom is -0.488 e. The fraction of sp³-hybridized carbons (Fsp3) is 0.267. The van der Waals surface area contributed by atoms with Crippen LogP contribution in [0.5, 0.6) is 5.75 Å². The Morgan fingerprint density at radius 2 is 2.10 bits per heavy atom. The van der Waals surface area contributed by atoms with Crippen LogP contribution in [0.15, 0.2) is 30.5 Å². The van der Waals surface area contributed by atoms with Crippen LogP contribution in [0.4, 0.5) is 11.5 Å². The van der Waals surface area contributed by atoms with Crippen molar-refractivity contribution in [2.45, 2.75) is 20.5 Å². The molecule has 0 saturated carbocycles. The Hall–Kier alpha value is -2.63. The van der Waals surface area contributed by atoms with Crippen LogP contribution < -0.4 is 10.1 Å². The van der Waals surface area contributed by atoms with Crippen molar-refractivity contribution >= 4 is 11.5 Å². The second kappa shape index (κ2) is 6.21. The second-order valence-corrected chi connectivity index (χ2v) is 4.71. The van der Waals surface area contributed by atoms with E-state index in [1.54, 1.807) is 26.2 Å². The summed E-state index contributed by atoms with van der Waals surface area (Å²) in [5.41, 5.74) is 2.45. The largest absolute Gasteiger partial charge is 0.488 e. The minimum absolute atomic E-state index is 0.0654. The third-order valence-corrected chi connectivity index (χ3v) is 3.20. The van der Waals surface area contributed by atoms with Gasteiger partial charge in [-0.05, 0) is 31.5 Å². The van der Waals surface area contributed by atoms with Crippen molar-refractivity contribution in [2.24, 2.45) is 0 Å². The number of aryl methyl sites for hydroxylation is 2. The standard InChI is InChI=1S/C15H17N3O3/c1-10-7-11(2)14(8-13(10)18(19)20)21-9-12-5-4-6-17-15(12)16-3/h4-8H,9H2,1-3H3,(H,16,17). The van der Waals surface area contributed by atoms with Gasteiger partial charge in [0.1, 0.15) is 18.2 Å². The molecule has 2 rings (SSSR count). The predicted octanol–water partition coefficient (Wildman–Crippen LogP) is 3.23. The highest BCUT2D eigenvalue weighted by Crippen LogP contribution is 2.29. The van der Waals surface area contributed by atoms with Gasteiger partial charge in [0, 0.05) is 24.4 Å². The minimum atomic E-state index is -0.398. The van der Waals surface area contributed by atoms with E-state index in [-0.39, 0.29) is 5.69 Å². The van der Waals surface area contributed by atoms with E-state index < -0.39 is 4.92 Å². The molecule has 1 heterocycles. The SMILES string of the molecule is CNc1ncccc1COc1cc([N+](=O)[O-])c(C)cc1C. The lowest BCUT2D eigenvalue weighted by Gasteiger charge is -2.12. The third-order valence-electron chi connectivity index (χ3n) is 3.20. The molecule has 6 heteroatoms. The average molecular weight is 287 g/mol. The van der Waals surface area contributed by atoms with Crippen LogP contribution in [0.3, 0.4) is 0 Å². The maximum Gasteiger partial charge on any atom is 0.276 e. The summed E-state index contributed by atoms with van der Waals surface area (Å²) in [6.45, 7) is 3.88. The predicted molar refractivity (Wildman–Crippen MR) is 80.7 cm³/mol. The van der Waals surface area contributed by atoms with E-state index in [0.717, 1.165) is 16.9 Å². The molecular weight excluding hydrogens is 270 g/mol. The molecule has 0 fully saturated rings. The number of anilines is 1. The van der Waals surface area contributed by atoms with Crippen molar-refractivity contribution in [3.05, 3.63) is 57.3 Å². The van der Waals surface area contributed by atoms with Crippen molar-refractivity contribution in [1.29, 1.82) is 0 Å². The van der Waals surface area contributed by atoms with Gasteiger partial charge in [-0.15, -0.1) is 0 Å². The molecule has 0 atom stereocenters. The Kier molecular flexibility index (Phi) is 4.37. The molecule has 1 N–H and O–H groups in total. The lowest BCUT2D eigenvalue weighted by molar-refractivity contribution is -0.385. The summed E-state index contributed by atoms with van der Waals surface area (Å²) in [6.07, 6.45) is 1.69. The summed E-state index contributed by atoms with van der Waals surface area (Å²) < 4.78 is 5.73. The van der Waals surface area contributed by atoms with Gasteiger partial charge in [-0.25, -0.2) is 4.98 Å². The Balaban J connectivity index is 2.24. The molecule has 21 heavy (non-hydrogen) atoms. The maximum atomic E-state index is 11.0. The number of benzene rings is 1. The third kappa shape index (κ3) is 3.28. The van der Waals surface area contributed by atoms with Gasteiger partial charge in [0.15, 0.2) is 0 Å². The van der Waals surface area contributed by atoms with Gasteiger partial charge in [0.05, 0.1) is 11.0 Å². The van der Waals surface area contributed by atoms with Gasteiger partial charge in [-0.1, -0.05) is 6.07 Å². The van der Waals surface area contributed by atoms with Gasteiger partial charge in [0.2, 0.25) is 0 Å². The molecule has 0 aliphatic heterocycles. The Morgan fingerprint density at radius 1 is 1.33 bits per heavy atom. The lowest BCUT2D eigenvalue weighted by atomic mass is 10.1. The first-order chi connectivity index (χ1) is 10.0. The first-order valence-electron chi connectivity index (χ1n) is 6.53. The Morgan fingerprint density at radius 3 is 2.76 bits per heavy atom. The number of rotatable bonds is 5. The molecule has 6 nitrogen and oxygen atoms in total. The summed E-state index contributed by atoms with van der Waals surface area (Å²) in [5, 5.41) is 14.0. The average Bonchev–Trinajstić information content (AvgIpc) is 2.46. The molecule has 1 aromatic carbocycles. The van der Waals surface area contributed by atoms with Crippen molar-refractivity contribution in [3.63, 3.8) is 0 Å². The summed E-state index contributed by atoms with van der Waals surface area (Å²) >= 11 is 0. The normalized spacial score (nSPS) is 10.2. The molecular formula is C15H17N3O3. The number of nitro groups is 1. The summed E-state index contributed by atoms with van der Waals surface area (Å²) in [7, 11) is 1.79. The number of aromatic nitrogens is 1. The molecule has 0 aliphatic carbocycles. The van der Waals surface area contributed by atoms with Crippen LogP contribution in [0.1, 0.15) is 16.7 Å². The molecule has 2 aromatic rings.